The van der Waals surface area contributed by atoms with Crippen LogP contribution < -0.4 is 9.84 Å². The number of carboxylic acid groups (broad SMARTS) is 1. The lowest BCUT2D eigenvalue weighted by molar-refractivity contribution is -0.297. The Morgan fingerprint density at radius 1 is 1.28 bits per heavy atom. The molecule has 2 aromatic rings. The topological polar surface area (TPSA) is 95.2 Å². The molecular weight excluding hydrogens is 324 g/mol. The summed E-state index contributed by atoms with van der Waals surface area (Å²) in [5.74, 6) is -0.715. The van der Waals surface area contributed by atoms with E-state index in [0.717, 1.165) is 17.4 Å². The van der Waals surface area contributed by atoms with Gasteiger partial charge in [0.15, 0.2) is 0 Å². The number of ether oxygens (including phenoxy) is 1. The zero-order chi connectivity index (χ0) is 17.8. The summed E-state index contributed by atoms with van der Waals surface area (Å²) in [7, 11) is 1.58. The number of hydrogen-bond donors (Lipinski definition) is 0. The Kier molecular flexibility index (Phi) is 4.65. The van der Waals surface area contributed by atoms with E-state index in [-0.39, 0.29) is 0 Å². The summed E-state index contributed by atoms with van der Waals surface area (Å²) in [5, 5.41) is 16.1. The lowest BCUT2D eigenvalue weighted by atomic mass is 10.0. The quantitative estimate of drug-likeness (QED) is 0.765. The number of hydrogen-bond acceptors (Lipinski definition) is 6. The molecular formula is C18H15N2O5-. The molecule has 1 aromatic heterocycles. The van der Waals surface area contributed by atoms with Crippen molar-refractivity contribution >= 4 is 17.6 Å². The van der Waals surface area contributed by atoms with E-state index in [9.17, 15) is 14.7 Å². The summed E-state index contributed by atoms with van der Waals surface area (Å²) in [6.45, 7) is 0. The van der Waals surface area contributed by atoms with E-state index in [2.05, 4.69) is 5.10 Å². The fraction of sp³-hybridized carbons (Fsp3) is 0.167. The average molecular weight is 339 g/mol. The first-order chi connectivity index (χ1) is 12.1. The summed E-state index contributed by atoms with van der Waals surface area (Å²) in [6, 6.07) is 10.3. The predicted molar refractivity (Wildman–Crippen MR) is 86.6 cm³/mol. The monoisotopic (exact) mass is 339 g/mol. The second-order valence-electron chi connectivity index (χ2n) is 5.35. The van der Waals surface area contributed by atoms with Gasteiger partial charge in [-0.1, -0.05) is 0 Å². The molecule has 0 N–H and O–H groups in total. The first kappa shape index (κ1) is 16.5. The molecule has 0 unspecified atom stereocenters. The molecule has 1 aliphatic heterocycles. The molecule has 2 heterocycles. The molecule has 0 saturated carbocycles. The number of hydrazone groups is 1. The first-order valence-corrected chi connectivity index (χ1v) is 7.56. The van der Waals surface area contributed by atoms with Crippen LogP contribution in [0, 0.1) is 0 Å². The lowest BCUT2D eigenvalue weighted by Crippen LogP contribution is -2.26. The van der Waals surface area contributed by atoms with Gasteiger partial charge in [0.25, 0.3) is 5.91 Å². The minimum absolute atomic E-state index is 0.439. The van der Waals surface area contributed by atoms with Gasteiger partial charge in [-0.25, -0.2) is 5.01 Å². The van der Waals surface area contributed by atoms with E-state index in [1.807, 2.05) is 12.1 Å². The van der Waals surface area contributed by atoms with Crippen LogP contribution in [0.1, 0.15) is 23.8 Å². The zero-order valence-corrected chi connectivity index (χ0v) is 13.4. The number of carboxylic acids is 1. The second kappa shape index (κ2) is 7.04. The number of nitrogens with zero attached hydrogens (tertiary/aromatic N) is 2. The van der Waals surface area contributed by atoms with E-state index < -0.39 is 17.9 Å². The van der Waals surface area contributed by atoms with Crippen molar-refractivity contribution in [3.63, 3.8) is 0 Å². The molecule has 1 aromatic carbocycles. The van der Waals surface area contributed by atoms with Gasteiger partial charge in [-0.3, -0.25) is 4.79 Å². The van der Waals surface area contributed by atoms with Crippen molar-refractivity contribution < 1.29 is 23.8 Å². The maximum absolute atomic E-state index is 12.3. The van der Waals surface area contributed by atoms with Gasteiger partial charge in [-0.15, -0.1) is 0 Å². The molecule has 25 heavy (non-hydrogen) atoms. The number of carbonyl (C=O) groups is 2. The highest BCUT2D eigenvalue weighted by molar-refractivity contribution is 6.04. The van der Waals surface area contributed by atoms with Gasteiger partial charge in [0, 0.05) is 12.5 Å². The fourth-order valence-corrected chi connectivity index (χ4v) is 2.59. The summed E-state index contributed by atoms with van der Waals surface area (Å²) >= 11 is 0. The number of carbonyl (C=O) groups excluding carboxylic acids is 2. The largest absolute Gasteiger partial charge is 0.545 e. The van der Waals surface area contributed by atoms with E-state index in [1.165, 1.54) is 11.3 Å². The SMILES string of the molecule is COc1ccc(C2=NN(C(=O)/C=C/C(=O)[O-])[C@@H](c3ccco3)C2)cc1. The highest BCUT2D eigenvalue weighted by atomic mass is 16.5. The highest BCUT2D eigenvalue weighted by Gasteiger charge is 2.33. The Morgan fingerprint density at radius 3 is 2.64 bits per heavy atom. The van der Waals surface area contributed by atoms with Crippen LogP contribution in [0.3, 0.4) is 0 Å². The van der Waals surface area contributed by atoms with Gasteiger partial charge in [-0.05, 0) is 48.0 Å². The van der Waals surface area contributed by atoms with Crippen LogP contribution in [0.25, 0.3) is 0 Å². The molecule has 128 valence electrons. The summed E-state index contributed by atoms with van der Waals surface area (Å²) in [5.41, 5.74) is 1.54. The first-order valence-electron chi connectivity index (χ1n) is 7.56. The van der Waals surface area contributed by atoms with Gasteiger partial charge in [0.05, 0.1) is 25.1 Å². The van der Waals surface area contributed by atoms with E-state index in [1.54, 1.807) is 31.4 Å². The summed E-state index contributed by atoms with van der Waals surface area (Å²) in [4.78, 5) is 22.9. The minimum Gasteiger partial charge on any atom is -0.545 e. The molecule has 7 nitrogen and oxygen atoms in total. The van der Waals surface area contributed by atoms with Gasteiger partial charge in [-0.2, -0.15) is 5.10 Å². The molecule has 1 atom stereocenters. The van der Waals surface area contributed by atoms with Crippen molar-refractivity contribution in [1.82, 2.24) is 5.01 Å². The smallest absolute Gasteiger partial charge is 0.267 e. The number of aliphatic carboxylic acids is 1. The highest BCUT2D eigenvalue weighted by Crippen LogP contribution is 2.33. The van der Waals surface area contributed by atoms with Gasteiger partial charge < -0.3 is 19.1 Å². The Labute approximate surface area is 143 Å². The van der Waals surface area contributed by atoms with Crippen molar-refractivity contribution in [1.29, 1.82) is 0 Å². The van der Waals surface area contributed by atoms with Gasteiger partial charge in [0.2, 0.25) is 0 Å². The number of furan rings is 1. The van der Waals surface area contributed by atoms with Crippen LogP contribution in [0.15, 0.2) is 64.3 Å². The molecule has 0 fully saturated rings. The van der Waals surface area contributed by atoms with Crippen LogP contribution in [-0.4, -0.2) is 29.7 Å². The zero-order valence-electron chi connectivity index (χ0n) is 13.4. The number of rotatable bonds is 5. The molecule has 0 radical (unpaired) electrons. The molecule has 0 saturated heterocycles. The van der Waals surface area contributed by atoms with Crippen LogP contribution in [0.5, 0.6) is 5.75 Å². The van der Waals surface area contributed by atoms with E-state index in [0.29, 0.717) is 24.0 Å². The Balaban J connectivity index is 1.90. The maximum Gasteiger partial charge on any atom is 0.267 e. The molecule has 0 bridgehead atoms. The third kappa shape index (κ3) is 3.60. The molecule has 0 spiro atoms. The standard InChI is InChI=1S/C18H16N2O5/c1-24-13-6-4-12(5-7-13)14-11-15(16-3-2-10-25-16)20(19-14)17(21)8-9-18(22)23/h2-10,15H,11H2,1H3,(H,22,23)/p-1/b9-8+/t15-/m1/s1. The van der Waals surface area contributed by atoms with Crippen molar-refractivity contribution in [3.05, 3.63) is 66.1 Å². The van der Waals surface area contributed by atoms with Gasteiger partial charge in [0.1, 0.15) is 17.6 Å². The van der Waals surface area contributed by atoms with Crippen LogP contribution in [0.2, 0.25) is 0 Å². The third-order valence-corrected chi connectivity index (χ3v) is 3.79. The average Bonchev–Trinajstić information content (AvgIpc) is 3.29. The lowest BCUT2D eigenvalue weighted by Gasteiger charge is -2.18. The van der Waals surface area contributed by atoms with E-state index >= 15 is 0 Å². The van der Waals surface area contributed by atoms with Crippen molar-refractivity contribution in [3.8, 4) is 5.75 Å². The second-order valence-corrected chi connectivity index (χ2v) is 5.35. The molecule has 3 rings (SSSR count). The molecule has 1 amide bonds. The normalized spacial score (nSPS) is 16.9. The van der Waals surface area contributed by atoms with Crippen molar-refractivity contribution in [2.45, 2.75) is 12.5 Å². The Morgan fingerprint density at radius 2 is 2.04 bits per heavy atom. The summed E-state index contributed by atoms with van der Waals surface area (Å²) < 4.78 is 10.5. The number of methoxy groups -OCH3 is 1. The molecule has 0 aliphatic carbocycles. The summed E-state index contributed by atoms with van der Waals surface area (Å²) in [6.07, 6.45) is 3.57. The molecule has 7 heteroatoms. The van der Waals surface area contributed by atoms with Crippen molar-refractivity contribution in [2.75, 3.05) is 7.11 Å². The number of amides is 1. The van der Waals surface area contributed by atoms with Crippen LogP contribution in [0.4, 0.5) is 0 Å². The predicted octanol–water partition coefficient (Wildman–Crippen LogP) is 1.27. The van der Waals surface area contributed by atoms with Crippen LogP contribution in [-0.2, 0) is 9.59 Å². The van der Waals surface area contributed by atoms with E-state index in [4.69, 9.17) is 9.15 Å². The molecule has 1 aliphatic rings. The Bertz CT molecular complexity index is 822. The maximum atomic E-state index is 12.3. The Hall–Kier alpha value is -3.35. The fourth-order valence-electron chi connectivity index (χ4n) is 2.59. The van der Waals surface area contributed by atoms with Gasteiger partial charge >= 0.3 is 0 Å². The van der Waals surface area contributed by atoms with Crippen LogP contribution >= 0.6 is 0 Å². The minimum atomic E-state index is -1.44. The third-order valence-electron chi connectivity index (χ3n) is 3.79. The number of benzene rings is 1. The van der Waals surface area contributed by atoms with Crippen molar-refractivity contribution in [2.24, 2.45) is 5.10 Å².